The normalized spacial score (nSPS) is 10.8. The maximum absolute atomic E-state index is 13.4. The van der Waals surface area contributed by atoms with Crippen molar-refractivity contribution in [2.24, 2.45) is 14.1 Å². The number of nitrogens with two attached hydrogens (primary N) is 1. The van der Waals surface area contributed by atoms with Gasteiger partial charge in [0.25, 0.3) is 11.5 Å². The fourth-order valence-corrected chi connectivity index (χ4v) is 3.75. The standard InChI is InChI=1S/C23H22N6O5/c1-28-20-18(22(31)29(2)23(28)32)16(12-7-8-14(33-3)15(10-12)34-4)17(19(24)27-20)21(30)26-13-6-5-9-25-11-13/h5-11H,1-4H3,(H2,24,27)(H,26,30). The number of carbonyl (C=O) groups is 1. The molecule has 4 rings (SSSR count). The molecule has 0 spiro atoms. The molecule has 3 N–H and O–H groups in total. The third-order valence-electron chi connectivity index (χ3n) is 5.43. The average molecular weight is 462 g/mol. The van der Waals surface area contributed by atoms with Gasteiger partial charge in [-0.05, 0) is 29.8 Å². The molecule has 0 saturated heterocycles. The molecule has 11 heteroatoms. The first kappa shape index (κ1) is 22.5. The quantitative estimate of drug-likeness (QED) is 0.455. The van der Waals surface area contributed by atoms with Crippen molar-refractivity contribution in [3.05, 3.63) is 69.1 Å². The van der Waals surface area contributed by atoms with Gasteiger partial charge in [-0.25, -0.2) is 9.78 Å². The van der Waals surface area contributed by atoms with Crippen LogP contribution in [0.1, 0.15) is 10.4 Å². The van der Waals surface area contributed by atoms with Crippen LogP contribution in [0, 0.1) is 0 Å². The third kappa shape index (κ3) is 3.62. The summed E-state index contributed by atoms with van der Waals surface area (Å²) in [7, 11) is 5.80. The van der Waals surface area contributed by atoms with Crippen molar-refractivity contribution in [3.8, 4) is 22.6 Å². The van der Waals surface area contributed by atoms with Crippen molar-refractivity contribution in [1.82, 2.24) is 19.1 Å². The highest BCUT2D eigenvalue weighted by Gasteiger charge is 2.26. The number of benzene rings is 1. The largest absolute Gasteiger partial charge is 0.493 e. The zero-order chi connectivity index (χ0) is 24.6. The van der Waals surface area contributed by atoms with Crippen molar-refractivity contribution in [1.29, 1.82) is 0 Å². The molecule has 34 heavy (non-hydrogen) atoms. The molecule has 0 atom stereocenters. The molecule has 0 unspecified atom stereocenters. The molecule has 11 nitrogen and oxygen atoms in total. The highest BCUT2D eigenvalue weighted by molar-refractivity contribution is 6.16. The number of pyridine rings is 2. The van der Waals surface area contributed by atoms with Crippen LogP contribution in [0.3, 0.4) is 0 Å². The zero-order valence-corrected chi connectivity index (χ0v) is 18.9. The molecule has 1 aromatic carbocycles. The lowest BCUT2D eigenvalue weighted by atomic mass is 9.96. The van der Waals surface area contributed by atoms with Crippen LogP contribution >= 0.6 is 0 Å². The van der Waals surface area contributed by atoms with Gasteiger partial charge in [-0.1, -0.05) is 6.07 Å². The summed E-state index contributed by atoms with van der Waals surface area (Å²) < 4.78 is 12.9. The van der Waals surface area contributed by atoms with Crippen molar-refractivity contribution in [2.75, 3.05) is 25.3 Å². The van der Waals surface area contributed by atoms with Gasteiger partial charge >= 0.3 is 5.69 Å². The van der Waals surface area contributed by atoms with E-state index in [4.69, 9.17) is 15.2 Å². The Kier molecular flexibility index (Phi) is 5.76. The number of amides is 1. The Balaban J connectivity index is 2.12. The number of aromatic nitrogens is 4. The smallest absolute Gasteiger partial charge is 0.332 e. The number of hydrogen-bond donors (Lipinski definition) is 2. The highest BCUT2D eigenvalue weighted by Crippen LogP contribution is 2.37. The van der Waals surface area contributed by atoms with E-state index in [0.29, 0.717) is 22.7 Å². The van der Waals surface area contributed by atoms with Crippen molar-refractivity contribution in [2.45, 2.75) is 0 Å². The van der Waals surface area contributed by atoms with Crippen molar-refractivity contribution < 1.29 is 14.3 Å². The second kappa shape index (κ2) is 8.70. The number of aryl methyl sites for hydroxylation is 1. The summed E-state index contributed by atoms with van der Waals surface area (Å²) in [6, 6.07) is 8.26. The maximum atomic E-state index is 13.4. The summed E-state index contributed by atoms with van der Waals surface area (Å²) in [4.78, 5) is 47.5. The predicted molar refractivity (Wildman–Crippen MR) is 127 cm³/mol. The van der Waals surface area contributed by atoms with E-state index in [1.165, 1.54) is 39.1 Å². The molecular weight excluding hydrogens is 440 g/mol. The lowest BCUT2D eigenvalue weighted by Crippen LogP contribution is -2.38. The van der Waals surface area contributed by atoms with Crippen LogP contribution in [0.4, 0.5) is 11.5 Å². The zero-order valence-electron chi connectivity index (χ0n) is 18.9. The van der Waals surface area contributed by atoms with Crippen LogP contribution in [-0.2, 0) is 14.1 Å². The van der Waals surface area contributed by atoms with E-state index in [9.17, 15) is 14.4 Å². The van der Waals surface area contributed by atoms with E-state index in [1.807, 2.05) is 0 Å². The Morgan fingerprint density at radius 3 is 2.44 bits per heavy atom. The molecule has 3 aromatic heterocycles. The van der Waals surface area contributed by atoms with Crippen LogP contribution in [0.2, 0.25) is 0 Å². The Bertz CT molecular complexity index is 1540. The summed E-state index contributed by atoms with van der Waals surface area (Å²) in [5.41, 5.74) is 6.16. The monoisotopic (exact) mass is 462 g/mol. The molecule has 174 valence electrons. The summed E-state index contributed by atoms with van der Waals surface area (Å²) in [5, 5.41) is 2.79. The Labute approximate surface area is 193 Å². The van der Waals surface area contributed by atoms with Gasteiger partial charge in [0.15, 0.2) is 17.1 Å². The van der Waals surface area contributed by atoms with Gasteiger partial charge in [-0.2, -0.15) is 0 Å². The molecule has 0 saturated carbocycles. The Morgan fingerprint density at radius 1 is 1.06 bits per heavy atom. The van der Waals surface area contributed by atoms with E-state index in [1.54, 1.807) is 36.5 Å². The SMILES string of the molecule is COc1ccc(-c2c(C(=O)Nc3cccnc3)c(N)nc3c2c(=O)n(C)c(=O)n3C)cc1OC. The number of nitrogen functional groups attached to an aromatic ring is 1. The van der Waals surface area contributed by atoms with E-state index < -0.39 is 17.2 Å². The lowest BCUT2D eigenvalue weighted by molar-refractivity contribution is 0.102. The van der Waals surface area contributed by atoms with Crippen LogP contribution in [-0.4, -0.2) is 39.2 Å². The summed E-state index contributed by atoms with van der Waals surface area (Å²) >= 11 is 0. The highest BCUT2D eigenvalue weighted by atomic mass is 16.5. The van der Waals surface area contributed by atoms with Crippen LogP contribution in [0.25, 0.3) is 22.2 Å². The maximum Gasteiger partial charge on any atom is 0.332 e. The van der Waals surface area contributed by atoms with Crippen LogP contribution < -0.4 is 31.8 Å². The number of carbonyl (C=O) groups excluding carboxylic acids is 1. The summed E-state index contributed by atoms with van der Waals surface area (Å²) in [6.07, 6.45) is 3.04. The van der Waals surface area contributed by atoms with Gasteiger partial charge in [-0.3, -0.25) is 23.7 Å². The number of hydrogen-bond acceptors (Lipinski definition) is 8. The van der Waals surface area contributed by atoms with Crippen LogP contribution in [0.5, 0.6) is 11.5 Å². The molecule has 1 amide bonds. The molecule has 0 radical (unpaired) electrons. The fraction of sp³-hybridized carbons (Fsp3) is 0.174. The number of rotatable bonds is 5. The summed E-state index contributed by atoms with van der Waals surface area (Å²) in [6.45, 7) is 0. The number of methoxy groups -OCH3 is 2. The second-order valence-corrected chi connectivity index (χ2v) is 7.42. The van der Waals surface area contributed by atoms with E-state index in [0.717, 1.165) is 4.57 Å². The molecule has 0 fully saturated rings. The molecular formula is C23H22N6O5. The minimum Gasteiger partial charge on any atom is -0.493 e. The van der Waals surface area contributed by atoms with Gasteiger partial charge in [-0.15, -0.1) is 0 Å². The fourth-order valence-electron chi connectivity index (χ4n) is 3.75. The minimum absolute atomic E-state index is 0.0284. The molecule has 4 aromatic rings. The molecule has 3 heterocycles. The van der Waals surface area contributed by atoms with Gasteiger partial charge < -0.3 is 20.5 Å². The minimum atomic E-state index is -0.620. The van der Waals surface area contributed by atoms with Crippen molar-refractivity contribution in [3.63, 3.8) is 0 Å². The lowest BCUT2D eigenvalue weighted by Gasteiger charge is -2.18. The van der Waals surface area contributed by atoms with Crippen molar-refractivity contribution >= 4 is 28.4 Å². The summed E-state index contributed by atoms with van der Waals surface area (Å²) in [5.74, 6) is 0.0885. The molecule has 0 aliphatic carbocycles. The third-order valence-corrected chi connectivity index (χ3v) is 5.43. The van der Waals surface area contributed by atoms with Crippen LogP contribution in [0.15, 0.2) is 52.3 Å². The van der Waals surface area contributed by atoms with Gasteiger partial charge in [0.05, 0.1) is 37.1 Å². The number of ether oxygens (including phenoxy) is 2. The number of anilines is 2. The van der Waals surface area contributed by atoms with Gasteiger partial charge in [0.2, 0.25) is 0 Å². The first-order valence-corrected chi connectivity index (χ1v) is 10.1. The van der Waals surface area contributed by atoms with Gasteiger partial charge in [0, 0.05) is 25.9 Å². The van der Waals surface area contributed by atoms with E-state index >= 15 is 0 Å². The topological polar surface area (TPSA) is 143 Å². The average Bonchev–Trinajstić information content (AvgIpc) is 2.85. The number of nitrogens with one attached hydrogen (secondary N) is 1. The molecule has 0 aliphatic heterocycles. The molecule has 0 aliphatic rings. The predicted octanol–water partition coefficient (Wildman–Crippen LogP) is 1.55. The number of nitrogens with zero attached hydrogens (tertiary/aromatic N) is 4. The van der Waals surface area contributed by atoms with Gasteiger partial charge in [0.1, 0.15) is 5.82 Å². The van der Waals surface area contributed by atoms with E-state index in [2.05, 4.69) is 15.3 Å². The van der Waals surface area contributed by atoms with E-state index in [-0.39, 0.29) is 28.0 Å². The number of fused-ring (bicyclic) bond motifs is 1. The molecule has 0 bridgehead atoms. The first-order valence-electron chi connectivity index (χ1n) is 10.1. The second-order valence-electron chi connectivity index (χ2n) is 7.42. The Hall–Kier alpha value is -4.67. The Morgan fingerprint density at radius 2 is 1.79 bits per heavy atom. The first-order chi connectivity index (χ1) is 16.3.